The van der Waals surface area contributed by atoms with Gasteiger partial charge in [0.1, 0.15) is 12.4 Å². The maximum Gasteiger partial charge on any atom is 0.119 e. The van der Waals surface area contributed by atoms with Gasteiger partial charge in [-0.05, 0) is 49.1 Å². The number of hydrogen-bond donors (Lipinski definition) is 2. The van der Waals surface area contributed by atoms with Gasteiger partial charge >= 0.3 is 0 Å². The van der Waals surface area contributed by atoms with Gasteiger partial charge in [0, 0.05) is 6.61 Å². The Balaban J connectivity index is 1.90. The molecule has 0 bridgehead atoms. The van der Waals surface area contributed by atoms with Crippen molar-refractivity contribution in [2.75, 3.05) is 13.2 Å². The van der Waals surface area contributed by atoms with Crippen molar-refractivity contribution in [3.05, 3.63) is 65.2 Å². The fourth-order valence-electron chi connectivity index (χ4n) is 2.25. The maximum absolute atomic E-state index is 9.17. The summed E-state index contributed by atoms with van der Waals surface area (Å²) >= 11 is 0. The molecule has 112 valence electrons. The van der Waals surface area contributed by atoms with Crippen LogP contribution in [-0.4, -0.2) is 18.3 Å². The highest BCUT2D eigenvalue weighted by molar-refractivity contribution is 5.28. The molecule has 3 N–H and O–H groups in total. The summed E-state index contributed by atoms with van der Waals surface area (Å²) in [6.45, 7) is 3.28. The van der Waals surface area contributed by atoms with Gasteiger partial charge in [-0.25, -0.2) is 0 Å². The van der Waals surface area contributed by atoms with E-state index in [2.05, 4.69) is 25.1 Å². The minimum Gasteiger partial charge on any atom is -0.489 e. The summed E-state index contributed by atoms with van der Waals surface area (Å²) in [5.74, 6) is 0.984. The number of rotatable bonds is 7. The molecule has 0 aliphatic heterocycles. The van der Waals surface area contributed by atoms with E-state index in [1.54, 1.807) is 0 Å². The lowest BCUT2D eigenvalue weighted by atomic mass is 10.0. The van der Waals surface area contributed by atoms with Crippen LogP contribution in [0.4, 0.5) is 0 Å². The first-order chi connectivity index (χ1) is 10.2. The van der Waals surface area contributed by atoms with E-state index in [4.69, 9.17) is 15.6 Å². The first-order valence-corrected chi connectivity index (χ1v) is 7.29. The third-order valence-electron chi connectivity index (χ3n) is 3.53. The van der Waals surface area contributed by atoms with Crippen LogP contribution in [0.2, 0.25) is 0 Å². The zero-order chi connectivity index (χ0) is 15.1. The molecule has 3 heteroatoms. The van der Waals surface area contributed by atoms with Crippen LogP contribution < -0.4 is 10.5 Å². The van der Waals surface area contributed by atoms with Gasteiger partial charge in [0.25, 0.3) is 0 Å². The summed E-state index contributed by atoms with van der Waals surface area (Å²) in [6.07, 6.45) is 0.797. The van der Waals surface area contributed by atoms with Crippen LogP contribution >= 0.6 is 0 Å². The van der Waals surface area contributed by atoms with E-state index in [9.17, 15) is 0 Å². The third kappa shape index (κ3) is 4.88. The first kappa shape index (κ1) is 15.5. The number of ether oxygens (including phenoxy) is 1. The number of aliphatic hydroxyl groups excluding tert-OH is 1. The molecule has 0 amide bonds. The highest BCUT2D eigenvalue weighted by Gasteiger charge is 2.06. The Kier molecular flexibility index (Phi) is 5.78. The molecular weight excluding hydrogens is 262 g/mol. The molecule has 0 fully saturated rings. The molecule has 0 radical (unpaired) electrons. The molecule has 1 atom stereocenters. The minimum absolute atomic E-state index is 0.127. The topological polar surface area (TPSA) is 55.5 Å². The van der Waals surface area contributed by atoms with Gasteiger partial charge in [0.2, 0.25) is 0 Å². The van der Waals surface area contributed by atoms with Crippen molar-refractivity contribution in [2.45, 2.75) is 20.0 Å². The normalized spacial score (nSPS) is 12.1. The van der Waals surface area contributed by atoms with Crippen LogP contribution in [0.3, 0.4) is 0 Å². The van der Waals surface area contributed by atoms with Crippen LogP contribution in [0, 0.1) is 12.8 Å². The molecule has 0 heterocycles. The molecule has 0 aliphatic rings. The zero-order valence-electron chi connectivity index (χ0n) is 12.5. The van der Waals surface area contributed by atoms with E-state index >= 15 is 0 Å². The van der Waals surface area contributed by atoms with E-state index in [-0.39, 0.29) is 12.5 Å². The summed E-state index contributed by atoms with van der Waals surface area (Å²) in [6, 6.07) is 16.3. The second kappa shape index (κ2) is 7.81. The molecule has 1 unspecified atom stereocenters. The Morgan fingerprint density at radius 3 is 2.48 bits per heavy atom. The monoisotopic (exact) mass is 285 g/mol. The van der Waals surface area contributed by atoms with Crippen molar-refractivity contribution >= 4 is 0 Å². The van der Waals surface area contributed by atoms with Crippen LogP contribution in [0.15, 0.2) is 48.5 Å². The van der Waals surface area contributed by atoms with E-state index in [1.807, 2.05) is 30.3 Å². The average Bonchev–Trinajstić information content (AvgIpc) is 2.52. The van der Waals surface area contributed by atoms with E-state index in [1.165, 1.54) is 16.7 Å². The van der Waals surface area contributed by atoms with Crippen molar-refractivity contribution < 1.29 is 9.84 Å². The van der Waals surface area contributed by atoms with Crippen molar-refractivity contribution in [3.8, 4) is 5.75 Å². The highest BCUT2D eigenvalue weighted by Crippen LogP contribution is 2.16. The average molecular weight is 285 g/mol. The molecular formula is C18H23NO2. The van der Waals surface area contributed by atoms with Crippen molar-refractivity contribution in [1.82, 2.24) is 0 Å². The second-order valence-electron chi connectivity index (χ2n) is 5.41. The van der Waals surface area contributed by atoms with Crippen LogP contribution in [0.25, 0.3) is 0 Å². The second-order valence-corrected chi connectivity index (χ2v) is 5.41. The Bertz CT molecular complexity index is 547. The standard InChI is InChI=1S/C18H23NO2/c1-14-3-2-4-16(9-14)13-21-18-7-5-15(6-8-18)10-17(11-19)12-20/h2-9,17,20H,10-13,19H2,1H3. The summed E-state index contributed by atoms with van der Waals surface area (Å²) in [4.78, 5) is 0. The molecule has 2 rings (SSSR count). The molecule has 0 aliphatic carbocycles. The molecule has 2 aromatic rings. The Labute approximate surface area is 126 Å². The van der Waals surface area contributed by atoms with Gasteiger partial charge in [-0.3, -0.25) is 0 Å². The number of hydrogen-bond acceptors (Lipinski definition) is 3. The number of benzene rings is 2. The van der Waals surface area contributed by atoms with Gasteiger partial charge in [-0.15, -0.1) is 0 Å². The van der Waals surface area contributed by atoms with Gasteiger partial charge < -0.3 is 15.6 Å². The summed E-state index contributed by atoms with van der Waals surface area (Å²) < 4.78 is 5.79. The Morgan fingerprint density at radius 1 is 1.10 bits per heavy atom. The lowest BCUT2D eigenvalue weighted by Gasteiger charge is -2.12. The molecule has 0 spiro atoms. The summed E-state index contributed by atoms with van der Waals surface area (Å²) in [7, 11) is 0. The van der Waals surface area contributed by atoms with Crippen LogP contribution in [-0.2, 0) is 13.0 Å². The molecule has 21 heavy (non-hydrogen) atoms. The van der Waals surface area contributed by atoms with Crippen LogP contribution in [0.5, 0.6) is 5.75 Å². The molecule has 2 aromatic carbocycles. The maximum atomic E-state index is 9.17. The SMILES string of the molecule is Cc1cccc(COc2ccc(CC(CN)CO)cc2)c1. The minimum atomic E-state index is 0.127. The number of aryl methyl sites for hydroxylation is 1. The number of nitrogens with two attached hydrogens (primary N) is 1. The van der Waals surface area contributed by atoms with E-state index in [0.29, 0.717) is 13.2 Å². The Hall–Kier alpha value is -1.84. The third-order valence-corrected chi connectivity index (χ3v) is 3.53. The molecule has 0 aromatic heterocycles. The van der Waals surface area contributed by atoms with E-state index in [0.717, 1.165) is 12.2 Å². The van der Waals surface area contributed by atoms with Crippen molar-refractivity contribution in [1.29, 1.82) is 0 Å². The summed E-state index contributed by atoms with van der Waals surface area (Å²) in [5, 5.41) is 9.17. The summed E-state index contributed by atoms with van der Waals surface area (Å²) in [5.41, 5.74) is 9.18. The van der Waals surface area contributed by atoms with Crippen molar-refractivity contribution in [2.24, 2.45) is 11.7 Å². The lowest BCUT2D eigenvalue weighted by Crippen LogP contribution is -2.20. The molecule has 0 saturated carbocycles. The first-order valence-electron chi connectivity index (χ1n) is 7.29. The predicted molar refractivity (Wildman–Crippen MR) is 85.3 cm³/mol. The molecule has 0 saturated heterocycles. The lowest BCUT2D eigenvalue weighted by molar-refractivity contribution is 0.230. The van der Waals surface area contributed by atoms with Gasteiger partial charge in [-0.1, -0.05) is 42.0 Å². The quantitative estimate of drug-likeness (QED) is 0.822. The molecule has 3 nitrogen and oxygen atoms in total. The van der Waals surface area contributed by atoms with Gasteiger partial charge in [-0.2, -0.15) is 0 Å². The van der Waals surface area contributed by atoms with Gasteiger partial charge in [0.15, 0.2) is 0 Å². The highest BCUT2D eigenvalue weighted by atomic mass is 16.5. The Morgan fingerprint density at radius 2 is 1.86 bits per heavy atom. The zero-order valence-corrected chi connectivity index (χ0v) is 12.5. The van der Waals surface area contributed by atoms with Crippen molar-refractivity contribution in [3.63, 3.8) is 0 Å². The van der Waals surface area contributed by atoms with Gasteiger partial charge in [0.05, 0.1) is 0 Å². The smallest absolute Gasteiger partial charge is 0.119 e. The fraction of sp³-hybridized carbons (Fsp3) is 0.333. The fourth-order valence-corrected chi connectivity index (χ4v) is 2.25. The predicted octanol–water partition coefficient (Wildman–Crippen LogP) is 2.68. The van der Waals surface area contributed by atoms with E-state index < -0.39 is 0 Å². The van der Waals surface area contributed by atoms with Crippen LogP contribution in [0.1, 0.15) is 16.7 Å². The largest absolute Gasteiger partial charge is 0.489 e. The number of aliphatic hydroxyl groups is 1.